The lowest BCUT2D eigenvalue weighted by Crippen LogP contribution is -2.13. The van der Waals surface area contributed by atoms with Crippen LogP contribution >= 0.6 is 23.2 Å². The van der Waals surface area contributed by atoms with E-state index in [1.165, 1.54) is 19.4 Å². The number of aromatic amines is 1. The predicted molar refractivity (Wildman–Crippen MR) is 65.1 cm³/mol. The SMILES string of the molecule is COc1n[nH]c(NC(=O)c2cc(Cl)ncc2Cl)n1. The summed E-state index contributed by atoms with van der Waals surface area (Å²) in [4.78, 5) is 19.5. The number of nitrogens with one attached hydrogen (secondary N) is 2. The minimum atomic E-state index is -0.483. The van der Waals surface area contributed by atoms with Crippen molar-refractivity contribution in [1.82, 2.24) is 20.2 Å². The van der Waals surface area contributed by atoms with Gasteiger partial charge in [-0.15, -0.1) is 5.10 Å². The van der Waals surface area contributed by atoms with Crippen LogP contribution in [-0.4, -0.2) is 33.2 Å². The fourth-order valence-corrected chi connectivity index (χ4v) is 1.50. The highest BCUT2D eigenvalue weighted by Gasteiger charge is 2.14. The molecule has 0 aliphatic carbocycles. The van der Waals surface area contributed by atoms with E-state index in [4.69, 9.17) is 27.9 Å². The molecule has 0 saturated heterocycles. The molecule has 0 unspecified atom stereocenters. The van der Waals surface area contributed by atoms with Crippen LogP contribution in [0.25, 0.3) is 0 Å². The molecule has 2 rings (SSSR count). The molecule has 0 saturated carbocycles. The molecule has 0 aromatic carbocycles. The predicted octanol–water partition coefficient (Wildman–Crippen LogP) is 1.77. The lowest BCUT2D eigenvalue weighted by atomic mass is 10.2. The quantitative estimate of drug-likeness (QED) is 0.839. The molecule has 7 nitrogen and oxygen atoms in total. The Morgan fingerprint density at radius 1 is 1.50 bits per heavy atom. The normalized spacial score (nSPS) is 10.2. The van der Waals surface area contributed by atoms with E-state index in [1.807, 2.05) is 0 Å². The van der Waals surface area contributed by atoms with Crippen molar-refractivity contribution in [2.24, 2.45) is 0 Å². The van der Waals surface area contributed by atoms with Crippen LogP contribution in [0.2, 0.25) is 10.2 Å². The second kappa shape index (κ2) is 5.19. The zero-order chi connectivity index (χ0) is 13.1. The number of carbonyl (C=O) groups excluding carboxylic acids is 1. The maximum absolute atomic E-state index is 11.9. The second-order valence-corrected chi connectivity index (χ2v) is 3.91. The van der Waals surface area contributed by atoms with Gasteiger partial charge in [-0.2, -0.15) is 4.98 Å². The molecule has 0 aliphatic rings. The number of pyridine rings is 1. The van der Waals surface area contributed by atoms with E-state index in [2.05, 4.69) is 25.5 Å². The number of rotatable bonds is 3. The average molecular weight is 288 g/mol. The summed E-state index contributed by atoms with van der Waals surface area (Å²) >= 11 is 11.5. The summed E-state index contributed by atoms with van der Waals surface area (Å²) in [5.74, 6) is -0.344. The van der Waals surface area contributed by atoms with Crippen molar-refractivity contribution in [1.29, 1.82) is 0 Å². The van der Waals surface area contributed by atoms with Crippen LogP contribution in [0.4, 0.5) is 5.95 Å². The molecule has 0 bridgehead atoms. The number of hydrogen-bond donors (Lipinski definition) is 2. The fraction of sp³-hybridized carbons (Fsp3) is 0.111. The first-order valence-electron chi connectivity index (χ1n) is 4.69. The van der Waals surface area contributed by atoms with E-state index in [1.54, 1.807) is 0 Å². The van der Waals surface area contributed by atoms with Gasteiger partial charge in [-0.25, -0.2) is 10.1 Å². The van der Waals surface area contributed by atoms with E-state index in [-0.39, 0.29) is 27.7 Å². The summed E-state index contributed by atoms with van der Waals surface area (Å²) in [6, 6.07) is 1.47. The van der Waals surface area contributed by atoms with Gasteiger partial charge in [-0.05, 0) is 6.07 Å². The Kier molecular flexibility index (Phi) is 3.63. The lowest BCUT2D eigenvalue weighted by Gasteiger charge is -2.03. The number of halogens is 2. The van der Waals surface area contributed by atoms with Crippen LogP contribution in [0.3, 0.4) is 0 Å². The Morgan fingerprint density at radius 3 is 2.94 bits per heavy atom. The first kappa shape index (κ1) is 12.6. The van der Waals surface area contributed by atoms with E-state index < -0.39 is 5.91 Å². The van der Waals surface area contributed by atoms with Crippen molar-refractivity contribution in [3.05, 3.63) is 28.0 Å². The molecule has 2 N–H and O–H groups in total. The van der Waals surface area contributed by atoms with Crippen molar-refractivity contribution in [3.8, 4) is 6.01 Å². The highest BCUT2D eigenvalue weighted by atomic mass is 35.5. The molecule has 0 fully saturated rings. The maximum atomic E-state index is 11.9. The molecule has 0 spiro atoms. The molecule has 94 valence electrons. The summed E-state index contributed by atoms with van der Waals surface area (Å²) in [5, 5.41) is 8.97. The number of methoxy groups -OCH3 is 1. The fourth-order valence-electron chi connectivity index (χ4n) is 1.16. The van der Waals surface area contributed by atoms with E-state index in [9.17, 15) is 4.79 Å². The number of hydrogen-bond acceptors (Lipinski definition) is 5. The van der Waals surface area contributed by atoms with Crippen LogP contribution in [0, 0.1) is 0 Å². The van der Waals surface area contributed by atoms with Crippen molar-refractivity contribution >= 4 is 35.1 Å². The van der Waals surface area contributed by atoms with Crippen molar-refractivity contribution in [3.63, 3.8) is 0 Å². The Bertz CT molecular complexity index is 586. The van der Waals surface area contributed by atoms with Gasteiger partial charge in [0.25, 0.3) is 5.91 Å². The van der Waals surface area contributed by atoms with Gasteiger partial charge in [0.05, 0.1) is 17.7 Å². The zero-order valence-electron chi connectivity index (χ0n) is 9.07. The highest BCUT2D eigenvalue weighted by molar-refractivity contribution is 6.35. The molecule has 9 heteroatoms. The molecule has 18 heavy (non-hydrogen) atoms. The Morgan fingerprint density at radius 2 is 2.28 bits per heavy atom. The highest BCUT2D eigenvalue weighted by Crippen LogP contribution is 2.19. The molecule has 1 amide bonds. The number of aromatic nitrogens is 4. The topological polar surface area (TPSA) is 92.8 Å². The summed E-state index contributed by atoms with van der Waals surface area (Å²) < 4.78 is 4.76. The molecular formula is C9H7Cl2N5O2. The smallest absolute Gasteiger partial charge is 0.336 e. The number of anilines is 1. The number of H-pyrrole nitrogens is 1. The van der Waals surface area contributed by atoms with Gasteiger partial charge in [0.15, 0.2) is 0 Å². The first-order chi connectivity index (χ1) is 8.60. The van der Waals surface area contributed by atoms with Gasteiger partial charge < -0.3 is 4.74 Å². The third-order valence-corrected chi connectivity index (χ3v) is 2.45. The van der Waals surface area contributed by atoms with Crippen LogP contribution in [0.15, 0.2) is 12.3 Å². The number of nitrogens with zero attached hydrogens (tertiary/aromatic N) is 3. The molecule has 2 aromatic heterocycles. The minimum absolute atomic E-state index is 0.115. The second-order valence-electron chi connectivity index (χ2n) is 3.11. The molecule has 0 aliphatic heterocycles. The molecule has 0 atom stereocenters. The third-order valence-electron chi connectivity index (χ3n) is 1.95. The van der Waals surface area contributed by atoms with Crippen LogP contribution in [0.1, 0.15) is 10.4 Å². The van der Waals surface area contributed by atoms with Gasteiger partial charge in [0, 0.05) is 6.20 Å². The maximum Gasteiger partial charge on any atom is 0.336 e. The molecule has 0 radical (unpaired) electrons. The van der Waals surface area contributed by atoms with E-state index >= 15 is 0 Å². The van der Waals surface area contributed by atoms with Crippen molar-refractivity contribution in [2.75, 3.05) is 12.4 Å². The third kappa shape index (κ3) is 2.69. The van der Waals surface area contributed by atoms with Gasteiger partial charge in [-0.1, -0.05) is 23.2 Å². The largest absolute Gasteiger partial charge is 0.466 e. The number of amides is 1. The van der Waals surface area contributed by atoms with Crippen LogP contribution < -0.4 is 10.1 Å². The average Bonchev–Trinajstić information content (AvgIpc) is 2.80. The molecular weight excluding hydrogens is 281 g/mol. The van der Waals surface area contributed by atoms with Crippen molar-refractivity contribution < 1.29 is 9.53 Å². The zero-order valence-corrected chi connectivity index (χ0v) is 10.6. The standard InChI is InChI=1S/C9H7Cl2N5O2/c1-18-9-14-8(15-16-9)13-7(17)4-2-6(11)12-3-5(4)10/h2-3H,1H3,(H2,13,14,15,16,17). The monoisotopic (exact) mass is 287 g/mol. The molecule has 2 aromatic rings. The Balaban J connectivity index is 2.19. The van der Waals surface area contributed by atoms with Gasteiger partial charge in [0.1, 0.15) is 5.15 Å². The minimum Gasteiger partial charge on any atom is -0.466 e. The number of ether oxygens (including phenoxy) is 1. The van der Waals surface area contributed by atoms with Crippen LogP contribution in [-0.2, 0) is 0 Å². The Labute approximate surface area is 111 Å². The van der Waals surface area contributed by atoms with E-state index in [0.29, 0.717) is 0 Å². The number of carbonyl (C=O) groups is 1. The van der Waals surface area contributed by atoms with Gasteiger partial charge in [0.2, 0.25) is 5.95 Å². The summed E-state index contributed by atoms with van der Waals surface area (Å²) in [6.07, 6.45) is 1.29. The Hall–Kier alpha value is -1.86. The lowest BCUT2D eigenvalue weighted by molar-refractivity contribution is 0.102. The van der Waals surface area contributed by atoms with Gasteiger partial charge in [-0.3, -0.25) is 10.1 Å². The van der Waals surface area contributed by atoms with Crippen LogP contribution in [0.5, 0.6) is 6.01 Å². The van der Waals surface area contributed by atoms with Crippen molar-refractivity contribution in [2.45, 2.75) is 0 Å². The summed E-state index contributed by atoms with van der Waals surface area (Å²) in [6.45, 7) is 0. The molecule has 2 heterocycles. The first-order valence-corrected chi connectivity index (χ1v) is 5.44. The van der Waals surface area contributed by atoms with Gasteiger partial charge >= 0.3 is 6.01 Å². The van der Waals surface area contributed by atoms with E-state index in [0.717, 1.165) is 0 Å². The summed E-state index contributed by atoms with van der Waals surface area (Å²) in [7, 11) is 1.41. The summed E-state index contributed by atoms with van der Waals surface area (Å²) in [5.41, 5.74) is 0.187.